The van der Waals surface area contributed by atoms with E-state index in [1.54, 1.807) is 0 Å². The zero-order valence-electron chi connectivity index (χ0n) is 16.6. The predicted molar refractivity (Wildman–Crippen MR) is 128 cm³/mol. The molecule has 0 spiro atoms. The smallest absolute Gasteiger partial charge is 0.191 e. The summed E-state index contributed by atoms with van der Waals surface area (Å²) in [5.41, 5.74) is 1.12. The van der Waals surface area contributed by atoms with E-state index in [-0.39, 0.29) is 47.6 Å². The van der Waals surface area contributed by atoms with Crippen molar-refractivity contribution in [1.29, 1.82) is 0 Å². The number of sulfone groups is 1. The molecule has 2 unspecified atom stereocenters. The van der Waals surface area contributed by atoms with Gasteiger partial charge >= 0.3 is 0 Å². The van der Waals surface area contributed by atoms with Crippen molar-refractivity contribution in [2.75, 3.05) is 50.9 Å². The maximum absolute atomic E-state index is 11.7. The zero-order chi connectivity index (χ0) is 20.0. The SMILES string of the molecule is CCNC(=NCC(c1cccc(Cl)c1)N1CCOCC1)NC1CCS(=O)(=O)C1.I. The molecule has 29 heavy (non-hydrogen) atoms. The van der Waals surface area contributed by atoms with Gasteiger partial charge in [-0.1, -0.05) is 23.7 Å². The van der Waals surface area contributed by atoms with Crippen molar-refractivity contribution in [3.05, 3.63) is 34.9 Å². The van der Waals surface area contributed by atoms with Crippen LogP contribution in [0.2, 0.25) is 5.02 Å². The Morgan fingerprint density at radius 1 is 1.38 bits per heavy atom. The van der Waals surface area contributed by atoms with Crippen LogP contribution in [-0.4, -0.2) is 76.2 Å². The van der Waals surface area contributed by atoms with Gasteiger partial charge in [-0.3, -0.25) is 9.89 Å². The standard InChI is InChI=1S/C19H29ClN4O3S.HI/c1-2-21-19(23-17-6-11-28(25,26)14-17)22-13-18(24-7-9-27-10-8-24)15-4-3-5-16(20)12-15;/h3-5,12,17-18H,2,6-11,13-14H2,1H3,(H2,21,22,23);1H. The number of nitrogens with zero attached hydrogens (tertiary/aromatic N) is 2. The highest BCUT2D eigenvalue weighted by Crippen LogP contribution is 2.25. The topological polar surface area (TPSA) is 83.0 Å². The van der Waals surface area contributed by atoms with Gasteiger partial charge in [0.05, 0.1) is 37.3 Å². The number of guanidine groups is 1. The molecule has 0 radical (unpaired) electrons. The molecular formula is C19H30ClIN4O3S. The number of ether oxygens (including phenoxy) is 1. The van der Waals surface area contributed by atoms with Crippen molar-refractivity contribution in [3.8, 4) is 0 Å². The fourth-order valence-electron chi connectivity index (χ4n) is 3.63. The molecule has 2 atom stereocenters. The minimum atomic E-state index is -2.93. The van der Waals surface area contributed by atoms with Gasteiger partial charge in [0.25, 0.3) is 0 Å². The number of benzene rings is 1. The van der Waals surface area contributed by atoms with E-state index in [0.717, 1.165) is 18.7 Å². The van der Waals surface area contributed by atoms with Crippen molar-refractivity contribution < 1.29 is 13.2 Å². The van der Waals surface area contributed by atoms with Gasteiger partial charge in [0.15, 0.2) is 15.8 Å². The van der Waals surface area contributed by atoms with Crippen molar-refractivity contribution in [2.24, 2.45) is 4.99 Å². The Bertz CT molecular complexity index is 787. The fourth-order valence-corrected chi connectivity index (χ4v) is 5.51. The summed E-state index contributed by atoms with van der Waals surface area (Å²) in [6, 6.07) is 7.89. The minimum Gasteiger partial charge on any atom is -0.379 e. The summed E-state index contributed by atoms with van der Waals surface area (Å²) in [7, 11) is -2.93. The molecule has 2 heterocycles. The maximum Gasteiger partial charge on any atom is 0.191 e. The second-order valence-corrected chi connectivity index (χ2v) is 9.85. The Labute approximate surface area is 195 Å². The normalized spacial score (nSPS) is 23.2. The Morgan fingerprint density at radius 3 is 2.76 bits per heavy atom. The van der Waals surface area contributed by atoms with E-state index in [0.29, 0.717) is 43.7 Å². The molecule has 0 bridgehead atoms. The van der Waals surface area contributed by atoms with Crippen LogP contribution < -0.4 is 10.6 Å². The highest BCUT2D eigenvalue weighted by molar-refractivity contribution is 14.0. The number of hydrogen-bond acceptors (Lipinski definition) is 5. The lowest BCUT2D eigenvalue weighted by Gasteiger charge is -2.34. The zero-order valence-corrected chi connectivity index (χ0v) is 20.5. The van der Waals surface area contributed by atoms with Gasteiger partial charge in [-0.05, 0) is 31.0 Å². The first-order valence-corrected chi connectivity index (χ1v) is 12.0. The van der Waals surface area contributed by atoms with Crippen LogP contribution in [0.15, 0.2) is 29.3 Å². The van der Waals surface area contributed by atoms with Crippen LogP contribution in [0.5, 0.6) is 0 Å². The first kappa shape index (κ1) is 24.6. The first-order chi connectivity index (χ1) is 13.5. The quantitative estimate of drug-likeness (QED) is 0.317. The number of nitrogens with one attached hydrogen (secondary N) is 2. The van der Waals surface area contributed by atoms with E-state index in [9.17, 15) is 8.42 Å². The fraction of sp³-hybridized carbons (Fsp3) is 0.632. The molecule has 0 amide bonds. The summed E-state index contributed by atoms with van der Waals surface area (Å²) in [6.07, 6.45) is 0.619. The number of halogens is 2. The van der Waals surface area contributed by atoms with Crippen LogP contribution in [0, 0.1) is 0 Å². The van der Waals surface area contributed by atoms with Crippen molar-refractivity contribution in [1.82, 2.24) is 15.5 Å². The lowest BCUT2D eigenvalue weighted by Crippen LogP contribution is -2.45. The molecule has 7 nitrogen and oxygen atoms in total. The summed E-state index contributed by atoms with van der Waals surface area (Å²) >= 11 is 6.22. The van der Waals surface area contributed by atoms with Crippen LogP contribution in [-0.2, 0) is 14.6 Å². The van der Waals surface area contributed by atoms with Crippen molar-refractivity contribution in [2.45, 2.75) is 25.4 Å². The van der Waals surface area contributed by atoms with Crippen LogP contribution >= 0.6 is 35.6 Å². The molecule has 0 aromatic heterocycles. The monoisotopic (exact) mass is 556 g/mol. The molecule has 2 fully saturated rings. The Hall–Kier alpha value is -0.620. The molecule has 0 aliphatic carbocycles. The van der Waals surface area contributed by atoms with Gasteiger partial charge in [0, 0.05) is 30.7 Å². The van der Waals surface area contributed by atoms with E-state index in [1.165, 1.54) is 0 Å². The molecule has 2 N–H and O–H groups in total. The van der Waals surface area contributed by atoms with Crippen LogP contribution in [0.4, 0.5) is 0 Å². The highest BCUT2D eigenvalue weighted by Gasteiger charge is 2.29. The summed E-state index contributed by atoms with van der Waals surface area (Å²) in [4.78, 5) is 7.14. The molecular weight excluding hydrogens is 527 g/mol. The second-order valence-electron chi connectivity index (χ2n) is 7.18. The number of aliphatic imine (C=N–C) groups is 1. The van der Waals surface area contributed by atoms with Gasteiger partial charge < -0.3 is 15.4 Å². The lowest BCUT2D eigenvalue weighted by atomic mass is 10.0. The molecule has 1 aromatic rings. The molecule has 10 heteroatoms. The van der Waals surface area contributed by atoms with E-state index in [1.807, 2.05) is 25.1 Å². The summed E-state index contributed by atoms with van der Waals surface area (Å²) < 4.78 is 29.0. The minimum absolute atomic E-state index is 0. The molecule has 1 aromatic carbocycles. The Kier molecular flexibility index (Phi) is 9.93. The first-order valence-electron chi connectivity index (χ1n) is 9.79. The van der Waals surface area contributed by atoms with Crippen molar-refractivity contribution >= 4 is 51.4 Å². The van der Waals surface area contributed by atoms with E-state index >= 15 is 0 Å². The number of rotatable bonds is 6. The van der Waals surface area contributed by atoms with Gasteiger partial charge in [-0.25, -0.2) is 8.42 Å². The largest absolute Gasteiger partial charge is 0.379 e. The molecule has 0 saturated carbocycles. The number of hydrogen-bond donors (Lipinski definition) is 2. The lowest BCUT2D eigenvalue weighted by molar-refractivity contribution is 0.0179. The van der Waals surface area contributed by atoms with Crippen LogP contribution in [0.25, 0.3) is 0 Å². The van der Waals surface area contributed by atoms with E-state index in [2.05, 4.69) is 21.6 Å². The summed E-state index contributed by atoms with van der Waals surface area (Å²) in [6.45, 7) is 6.37. The third-order valence-corrected chi connectivity index (χ3v) is 7.06. The van der Waals surface area contributed by atoms with Crippen LogP contribution in [0.3, 0.4) is 0 Å². The Morgan fingerprint density at radius 2 is 2.14 bits per heavy atom. The average molecular weight is 557 g/mol. The predicted octanol–water partition coefficient (Wildman–Crippen LogP) is 2.07. The van der Waals surface area contributed by atoms with E-state index in [4.69, 9.17) is 21.3 Å². The van der Waals surface area contributed by atoms with Gasteiger partial charge in [-0.15, -0.1) is 24.0 Å². The van der Waals surface area contributed by atoms with E-state index < -0.39 is 9.84 Å². The van der Waals surface area contributed by atoms with Crippen LogP contribution in [0.1, 0.15) is 24.9 Å². The average Bonchev–Trinajstić information content (AvgIpc) is 3.01. The summed E-state index contributed by atoms with van der Waals surface area (Å²) in [5, 5.41) is 7.23. The Balaban J connectivity index is 0.00000300. The van der Waals surface area contributed by atoms with Crippen molar-refractivity contribution in [3.63, 3.8) is 0 Å². The molecule has 2 saturated heterocycles. The third kappa shape index (κ3) is 7.54. The maximum atomic E-state index is 11.7. The van der Waals surface area contributed by atoms with Gasteiger partial charge in [0.1, 0.15) is 0 Å². The van der Waals surface area contributed by atoms with Gasteiger partial charge in [0.2, 0.25) is 0 Å². The molecule has 2 aliphatic rings. The molecule has 164 valence electrons. The van der Waals surface area contributed by atoms with Gasteiger partial charge in [-0.2, -0.15) is 0 Å². The molecule has 2 aliphatic heterocycles. The third-order valence-electron chi connectivity index (χ3n) is 5.06. The second kappa shape index (κ2) is 11.7. The molecule has 3 rings (SSSR count). The summed E-state index contributed by atoms with van der Waals surface area (Å²) in [5.74, 6) is 1.06. The number of morpholine rings is 1. The highest BCUT2D eigenvalue weighted by atomic mass is 127.